The van der Waals surface area contributed by atoms with Gasteiger partial charge in [-0.2, -0.15) is 0 Å². The monoisotopic (exact) mass is 355 g/mol. The Hall–Kier alpha value is -1.46. The van der Waals surface area contributed by atoms with E-state index in [0.29, 0.717) is 34.8 Å². The smallest absolute Gasteiger partial charge is 0.416 e. The van der Waals surface area contributed by atoms with Crippen molar-refractivity contribution in [3.05, 3.63) is 28.2 Å². The maximum absolute atomic E-state index is 12.4. The van der Waals surface area contributed by atoms with E-state index in [4.69, 9.17) is 27.9 Å². The molecule has 1 N–H and O–H groups in total. The average molecular weight is 356 g/mol. The lowest BCUT2D eigenvalue weighted by Crippen LogP contribution is -2.40. The Labute approximate surface area is 145 Å². The predicted molar refractivity (Wildman–Crippen MR) is 92.4 cm³/mol. The first kappa shape index (κ1) is 16.4. The molecule has 1 heterocycles. The van der Waals surface area contributed by atoms with E-state index in [0.717, 1.165) is 25.7 Å². The molecule has 1 fully saturated rings. The molecule has 0 saturated heterocycles. The molecule has 0 unspecified atom stereocenters. The molecule has 7 heteroatoms. The van der Waals surface area contributed by atoms with E-state index in [1.54, 1.807) is 18.2 Å². The van der Waals surface area contributed by atoms with Gasteiger partial charge in [0, 0.05) is 5.02 Å². The predicted octanol–water partition coefficient (Wildman–Crippen LogP) is 4.55. The molecule has 0 atom stereocenters. The molecule has 1 aromatic rings. The average Bonchev–Trinajstić information content (AvgIpc) is 2.99. The number of nitrogens with zero attached hydrogens (tertiary/aromatic N) is 2. The summed E-state index contributed by atoms with van der Waals surface area (Å²) in [6.07, 6.45) is 5.05. The molecule has 5 nitrogen and oxygen atoms in total. The van der Waals surface area contributed by atoms with Crippen LogP contribution < -0.4 is 5.32 Å². The molecular formula is C16H19Cl2N3O2. The number of carbonyl (C=O) groups excluding carboxylic acids is 1. The van der Waals surface area contributed by atoms with Gasteiger partial charge in [-0.05, 0) is 43.9 Å². The van der Waals surface area contributed by atoms with Crippen molar-refractivity contribution in [2.45, 2.75) is 38.2 Å². The van der Waals surface area contributed by atoms with Crippen LogP contribution in [0.25, 0.3) is 0 Å². The second kappa shape index (κ2) is 7.41. The van der Waals surface area contributed by atoms with E-state index >= 15 is 0 Å². The summed E-state index contributed by atoms with van der Waals surface area (Å²) in [5.74, 6) is 0.468. The summed E-state index contributed by atoms with van der Waals surface area (Å²) in [5.41, 5.74) is 0.659. The van der Waals surface area contributed by atoms with Crippen LogP contribution in [0, 0.1) is 0 Å². The van der Waals surface area contributed by atoms with E-state index in [9.17, 15) is 4.79 Å². The van der Waals surface area contributed by atoms with Crippen molar-refractivity contribution in [3.63, 3.8) is 0 Å². The fourth-order valence-electron chi connectivity index (χ4n) is 2.83. The number of benzene rings is 1. The standard InChI is InChI=1S/C16H19Cl2N3O2/c17-11-6-7-14(13(18)10-11)20-15-19-8-9-21(15)16(22)23-12-4-2-1-3-5-12/h6-7,10,12H,1-5,8-9H2,(H,19,20). The van der Waals surface area contributed by atoms with Crippen molar-refractivity contribution in [1.29, 1.82) is 0 Å². The molecule has 1 aromatic carbocycles. The zero-order chi connectivity index (χ0) is 16.2. The van der Waals surface area contributed by atoms with Gasteiger partial charge in [0.15, 0.2) is 0 Å². The molecule has 1 amide bonds. The normalized spacial score (nSPS) is 18.7. The molecule has 1 aliphatic carbocycles. The maximum Gasteiger partial charge on any atom is 0.416 e. The first-order valence-electron chi connectivity index (χ1n) is 7.88. The van der Waals surface area contributed by atoms with E-state index in [1.165, 1.54) is 11.3 Å². The largest absolute Gasteiger partial charge is 0.446 e. The summed E-state index contributed by atoms with van der Waals surface area (Å²) in [4.78, 5) is 18.2. The van der Waals surface area contributed by atoms with Gasteiger partial charge in [-0.1, -0.05) is 29.6 Å². The van der Waals surface area contributed by atoms with Gasteiger partial charge in [0.1, 0.15) is 6.10 Å². The second-order valence-electron chi connectivity index (χ2n) is 5.75. The van der Waals surface area contributed by atoms with Crippen molar-refractivity contribution in [2.75, 3.05) is 18.4 Å². The van der Waals surface area contributed by atoms with Crippen molar-refractivity contribution in [2.24, 2.45) is 4.99 Å². The number of rotatable bonds is 2. The lowest BCUT2D eigenvalue weighted by Gasteiger charge is -2.25. The third-order valence-electron chi connectivity index (χ3n) is 4.06. The number of nitrogens with one attached hydrogen (secondary N) is 1. The van der Waals surface area contributed by atoms with Crippen LogP contribution >= 0.6 is 23.2 Å². The first-order valence-corrected chi connectivity index (χ1v) is 8.64. The van der Waals surface area contributed by atoms with Crippen LogP contribution in [0.5, 0.6) is 0 Å². The summed E-state index contributed by atoms with van der Waals surface area (Å²) in [6.45, 7) is 1.06. The number of amides is 1. The van der Waals surface area contributed by atoms with Crippen molar-refractivity contribution in [3.8, 4) is 0 Å². The van der Waals surface area contributed by atoms with Gasteiger partial charge < -0.3 is 10.1 Å². The van der Waals surface area contributed by atoms with Gasteiger partial charge in [-0.15, -0.1) is 0 Å². The lowest BCUT2D eigenvalue weighted by molar-refractivity contribution is 0.0604. The van der Waals surface area contributed by atoms with E-state index in [-0.39, 0.29) is 12.2 Å². The van der Waals surface area contributed by atoms with Gasteiger partial charge in [0.05, 0.1) is 23.8 Å². The minimum atomic E-state index is -0.342. The molecule has 2 aliphatic rings. The van der Waals surface area contributed by atoms with Crippen LogP contribution in [0.2, 0.25) is 10.0 Å². The summed E-state index contributed by atoms with van der Waals surface area (Å²) in [6, 6.07) is 5.14. The van der Waals surface area contributed by atoms with E-state index < -0.39 is 0 Å². The highest BCUT2D eigenvalue weighted by atomic mass is 35.5. The third-order valence-corrected chi connectivity index (χ3v) is 4.61. The van der Waals surface area contributed by atoms with Crippen LogP contribution in [-0.2, 0) is 4.74 Å². The van der Waals surface area contributed by atoms with E-state index in [2.05, 4.69) is 10.3 Å². The van der Waals surface area contributed by atoms with Crippen LogP contribution in [0.4, 0.5) is 10.5 Å². The molecule has 23 heavy (non-hydrogen) atoms. The topological polar surface area (TPSA) is 53.9 Å². The fraction of sp³-hybridized carbons (Fsp3) is 0.500. The Morgan fingerprint density at radius 2 is 2.04 bits per heavy atom. The zero-order valence-electron chi connectivity index (χ0n) is 12.7. The molecule has 0 aromatic heterocycles. The maximum atomic E-state index is 12.4. The number of hydrogen-bond acceptors (Lipinski definition) is 4. The summed E-state index contributed by atoms with van der Waals surface area (Å²) < 4.78 is 5.60. The van der Waals surface area contributed by atoms with Crippen LogP contribution in [-0.4, -0.2) is 36.1 Å². The van der Waals surface area contributed by atoms with Crippen molar-refractivity contribution >= 4 is 40.9 Å². The Balaban J connectivity index is 1.63. The molecule has 0 radical (unpaired) electrons. The lowest BCUT2D eigenvalue weighted by atomic mass is 9.98. The molecule has 0 spiro atoms. The molecule has 3 rings (SSSR count). The van der Waals surface area contributed by atoms with Gasteiger partial charge in [0.2, 0.25) is 5.96 Å². The van der Waals surface area contributed by atoms with Crippen LogP contribution in [0.1, 0.15) is 32.1 Å². The molecule has 1 saturated carbocycles. The molecule has 1 aliphatic heterocycles. The van der Waals surface area contributed by atoms with Crippen LogP contribution in [0.3, 0.4) is 0 Å². The van der Waals surface area contributed by atoms with Gasteiger partial charge in [-0.3, -0.25) is 4.99 Å². The first-order chi connectivity index (χ1) is 11.1. The molecular weight excluding hydrogens is 337 g/mol. The third kappa shape index (κ3) is 4.09. The highest BCUT2D eigenvalue weighted by molar-refractivity contribution is 6.36. The SMILES string of the molecule is O=C(OC1CCCCC1)N1CCN=C1Nc1ccc(Cl)cc1Cl. The number of halogens is 2. The fourth-order valence-corrected chi connectivity index (χ4v) is 3.29. The highest BCUT2D eigenvalue weighted by Crippen LogP contribution is 2.26. The van der Waals surface area contributed by atoms with E-state index in [1.807, 2.05) is 0 Å². The van der Waals surface area contributed by atoms with Crippen LogP contribution in [0.15, 0.2) is 23.2 Å². The minimum Gasteiger partial charge on any atom is -0.446 e. The van der Waals surface area contributed by atoms with Gasteiger partial charge >= 0.3 is 6.09 Å². The Morgan fingerprint density at radius 3 is 2.78 bits per heavy atom. The summed E-state index contributed by atoms with van der Waals surface area (Å²) >= 11 is 12.0. The van der Waals surface area contributed by atoms with Crippen molar-refractivity contribution < 1.29 is 9.53 Å². The van der Waals surface area contributed by atoms with Crippen molar-refractivity contribution in [1.82, 2.24) is 4.90 Å². The number of hydrogen-bond donors (Lipinski definition) is 1. The number of guanidine groups is 1. The van der Waals surface area contributed by atoms with Gasteiger partial charge in [-0.25, -0.2) is 9.69 Å². The Kier molecular flexibility index (Phi) is 5.28. The Morgan fingerprint density at radius 1 is 1.26 bits per heavy atom. The van der Waals surface area contributed by atoms with Gasteiger partial charge in [0.25, 0.3) is 0 Å². The molecule has 0 bridgehead atoms. The second-order valence-corrected chi connectivity index (χ2v) is 6.59. The number of aliphatic imine (C=N–C) groups is 1. The Bertz CT molecular complexity index is 615. The summed E-state index contributed by atoms with van der Waals surface area (Å²) in [7, 11) is 0. The number of ether oxygens (including phenoxy) is 1. The zero-order valence-corrected chi connectivity index (χ0v) is 14.2. The molecule has 124 valence electrons. The quantitative estimate of drug-likeness (QED) is 0.846. The summed E-state index contributed by atoms with van der Waals surface area (Å²) in [5, 5.41) is 4.13. The number of anilines is 1. The number of carbonyl (C=O) groups is 1. The minimum absolute atomic E-state index is 0.0252. The highest BCUT2D eigenvalue weighted by Gasteiger charge is 2.28.